The number of para-hydroxylation sites is 1. The van der Waals surface area contributed by atoms with Crippen LogP contribution in [0.15, 0.2) is 55.1 Å². The first-order valence-electron chi connectivity index (χ1n) is 8.41. The summed E-state index contributed by atoms with van der Waals surface area (Å²) in [5, 5.41) is 11.5. The molecule has 4 rings (SSSR count). The van der Waals surface area contributed by atoms with Gasteiger partial charge in [-0.25, -0.2) is 14.5 Å². The highest BCUT2D eigenvalue weighted by atomic mass is 35.5. The molecule has 0 saturated carbocycles. The fraction of sp³-hybridized carbons (Fsp3) is 0.111. The van der Waals surface area contributed by atoms with Crippen molar-refractivity contribution in [3.63, 3.8) is 0 Å². The van der Waals surface area contributed by atoms with Crippen LogP contribution < -0.4 is 15.9 Å². The lowest BCUT2D eigenvalue weighted by atomic mass is 10.3. The summed E-state index contributed by atoms with van der Waals surface area (Å²) < 4.78 is 14.3. The number of hydrogen-bond acceptors (Lipinski definition) is 7. The van der Waals surface area contributed by atoms with Crippen LogP contribution in [0.1, 0.15) is 0 Å². The van der Waals surface area contributed by atoms with Crippen LogP contribution in [0.25, 0.3) is 5.52 Å². The molecule has 0 atom stereocenters. The normalized spacial score (nSPS) is 11.5. The fourth-order valence-corrected chi connectivity index (χ4v) is 4.05. The second-order valence-corrected chi connectivity index (χ2v) is 10.0. The van der Waals surface area contributed by atoms with E-state index in [0.717, 1.165) is 10.8 Å². The van der Waals surface area contributed by atoms with Crippen molar-refractivity contribution in [2.24, 2.45) is 0 Å². The summed E-state index contributed by atoms with van der Waals surface area (Å²) in [5.74, 6) is 1.29. The number of anilines is 4. The minimum Gasteiger partial charge on any atom is -0.338 e. The van der Waals surface area contributed by atoms with Crippen LogP contribution >= 0.6 is 18.7 Å². The monoisotopic (exact) mass is 413 g/mol. The Morgan fingerprint density at radius 3 is 2.68 bits per heavy atom. The minimum atomic E-state index is -2.48. The number of rotatable bonds is 5. The van der Waals surface area contributed by atoms with E-state index in [1.165, 1.54) is 12.5 Å². The lowest BCUT2D eigenvalue weighted by Crippen LogP contribution is -2.11. The number of nitrogens with zero attached hydrogens (tertiary/aromatic N) is 5. The molecule has 3 heterocycles. The zero-order valence-corrected chi connectivity index (χ0v) is 16.8. The molecule has 8 nitrogen and oxygen atoms in total. The van der Waals surface area contributed by atoms with Crippen molar-refractivity contribution >= 4 is 52.8 Å². The van der Waals surface area contributed by atoms with Crippen LogP contribution in [0.4, 0.5) is 23.3 Å². The van der Waals surface area contributed by atoms with Gasteiger partial charge < -0.3 is 15.2 Å². The van der Waals surface area contributed by atoms with Crippen LogP contribution in [0.3, 0.4) is 0 Å². The molecule has 0 radical (unpaired) electrons. The van der Waals surface area contributed by atoms with E-state index in [1.807, 2.05) is 42.6 Å². The van der Waals surface area contributed by atoms with E-state index in [4.69, 9.17) is 11.6 Å². The zero-order valence-electron chi connectivity index (χ0n) is 15.2. The maximum atomic E-state index is 12.6. The van der Waals surface area contributed by atoms with Crippen LogP contribution in [0, 0.1) is 0 Å². The third kappa shape index (κ3) is 3.69. The van der Waals surface area contributed by atoms with Gasteiger partial charge in [-0.15, -0.1) is 0 Å². The predicted octanol–water partition coefficient (Wildman–Crippen LogP) is 3.91. The van der Waals surface area contributed by atoms with Crippen molar-refractivity contribution in [2.45, 2.75) is 0 Å². The maximum absolute atomic E-state index is 12.6. The minimum absolute atomic E-state index is 0.322. The highest BCUT2D eigenvalue weighted by Gasteiger charge is 2.17. The lowest BCUT2D eigenvalue weighted by Gasteiger charge is -2.15. The van der Waals surface area contributed by atoms with Crippen LogP contribution in [-0.4, -0.2) is 37.9 Å². The fourth-order valence-electron chi connectivity index (χ4n) is 2.76. The van der Waals surface area contributed by atoms with E-state index < -0.39 is 7.14 Å². The second-order valence-electron chi connectivity index (χ2n) is 6.45. The van der Waals surface area contributed by atoms with Crippen molar-refractivity contribution in [3.05, 3.63) is 60.1 Å². The van der Waals surface area contributed by atoms with Gasteiger partial charge in [0.05, 0.1) is 11.9 Å². The number of fused-ring (bicyclic) bond motifs is 1. The molecule has 3 aromatic heterocycles. The standard InChI is InChI=1S/C18H17ClN7OP/c1-28(2,27)15-8-4-3-6-13(15)23-16-12(19)10-20-18(24-16)25-17-14-7-5-9-26(14)22-11-21-17/h3-11H,1-2H3,(H2,20,21,22,23,24,25). The van der Waals surface area contributed by atoms with Crippen molar-refractivity contribution in [3.8, 4) is 0 Å². The Morgan fingerprint density at radius 1 is 1.04 bits per heavy atom. The average molecular weight is 414 g/mol. The van der Waals surface area contributed by atoms with Gasteiger partial charge in [-0.3, -0.25) is 0 Å². The highest BCUT2D eigenvalue weighted by molar-refractivity contribution is 7.70. The van der Waals surface area contributed by atoms with Gasteiger partial charge in [-0.1, -0.05) is 23.7 Å². The summed E-state index contributed by atoms with van der Waals surface area (Å²) in [4.78, 5) is 12.9. The number of hydrogen-bond donors (Lipinski definition) is 2. The van der Waals surface area contributed by atoms with E-state index in [-0.39, 0.29) is 0 Å². The summed E-state index contributed by atoms with van der Waals surface area (Å²) >= 11 is 6.28. The molecule has 0 fully saturated rings. The van der Waals surface area contributed by atoms with E-state index in [2.05, 4.69) is 30.7 Å². The van der Waals surface area contributed by atoms with Gasteiger partial charge in [0.2, 0.25) is 5.95 Å². The molecule has 1 aromatic carbocycles. The summed E-state index contributed by atoms with van der Waals surface area (Å²) in [6, 6.07) is 11.1. The predicted molar refractivity (Wildman–Crippen MR) is 112 cm³/mol. The molecule has 28 heavy (non-hydrogen) atoms. The molecule has 2 N–H and O–H groups in total. The smallest absolute Gasteiger partial charge is 0.230 e. The molecule has 0 amide bonds. The summed E-state index contributed by atoms with van der Waals surface area (Å²) in [6.45, 7) is 3.44. The van der Waals surface area contributed by atoms with E-state index in [0.29, 0.717) is 28.3 Å². The van der Waals surface area contributed by atoms with Crippen LogP contribution in [0.5, 0.6) is 0 Å². The molecule has 0 spiro atoms. The molecule has 0 aliphatic rings. The molecule has 0 unspecified atom stereocenters. The lowest BCUT2D eigenvalue weighted by molar-refractivity contribution is 0.588. The first-order chi connectivity index (χ1) is 13.4. The molecule has 0 bridgehead atoms. The van der Waals surface area contributed by atoms with E-state index >= 15 is 0 Å². The molecule has 4 aromatic rings. The van der Waals surface area contributed by atoms with Gasteiger partial charge >= 0.3 is 0 Å². The Bertz CT molecular complexity index is 1200. The SMILES string of the molecule is CP(C)(=O)c1ccccc1Nc1nc(Nc2ncnn3cccc23)ncc1Cl. The Labute approximate surface area is 166 Å². The van der Waals surface area contributed by atoms with Gasteiger partial charge in [0.1, 0.15) is 24.0 Å². The molecule has 142 valence electrons. The summed E-state index contributed by atoms with van der Waals surface area (Å²) in [7, 11) is -2.48. The first-order valence-corrected chi connectivity index (χ1v) is 11.4. The molecule has 0 aliphatic carbocycles. The number of halogens is 1. The highest BCUT2D eigenvalue weighted by Crippen LogP contribution is 2.38. The van der Waals surface area contributed by atoms with E-state index in [9.17, 15) is 4.57 Å². The Hall–Kier alpha value is -2.96. The number of benzene rings is 1. The quantitative estimate of drug-likeness (QED) is 0.479. The Kier molecular flexibility index (Phi) is 4.75. The third-order valence-corrected chi connectivity index (χ3v) is 5.87. The van der Waals surface area contributed by atoms with Crippen molar-refractivity contribution in [1.82, 2.24) is 24.6 Å². The van der Waals surface area contributed by atoms with E-state index in [1.54, 1.807) is 17.8 Å². The first kappa shape index (κ1) is 18.4. The molecule has 10 heteroatoms. The van der Waals surface area contributed by atoms with Gasteiger partial charge in [-0.2, -0.15) is 10.1 Å². The van der Waals surface area contributed by atoms with Crippen LogP contribution in [-0.2, 0) is 4.57 Å². The van der Waals surface area contributed by atoms with Crippen LogP contribution in [0.2, 0.25) is 5.02 Å². The third-order valence-electron chi connectivity index (χ3n) is 4.05. The van der Waals surface area contributed by atoms with Gasteiger partial charge in [0.25, 0.3) is 0 Å². The summed E-state index contributed by atoms with van der Waals surface area (Å²) in [5.41, 5.74) is 1.48. The van der Waals surface area contributed by atoms with Crippen molar-refractivity contribution in [2.75, 3.05) is 24.0 Å². The van der Waals surface area contributed by atoms with Crippen molar-refractivity contribution < 1.29 is 4.57 Å². The molecule has 0 aliphatic heterocycles. The number of nitrogens with one attached hydrogen (secondary N) is 2. The van der Waals surface area contributed by atoms with Gasteiger partial charge in [0.15, 0.2) is 11.6 Å². The average Bonchev–Trinajstić information content (AvgIpc) is 3.14. The summed E-state index contributed by atoms with van der Waals surface area (Å²) in [6.07, 6.45) is 4.76. The Balaban J connectivity index is 1.67. The zero-order chi connectivity index (χ0) is 19.7. The van der Waals surface area contributed by atoms with Gasteiger partial charge in [0, 0.05) is 11.5 Å². The topological polar surface area (TPSA) is 97.1 Å². The molecule has 0 saturated heterocycles. The number of aromatic nitrogens is 5. The molecular weight excluding hydrogens is 397 g/mol. The molecular formula is C18H17ClN7OP. The Morgan fingerprint density at radius 2 is 1.86 bits per heavy atom. The van der Waals surface area contributed by atoms with Gasteiger partial charge in [-0.05, 0) is 37.6 Å². The maximum Gasteiger partial charge on any atom is 0.230 e. The largest absolute Gasteiger partial charge is 0.338 e. The second kappa shape index (κ2) is 7.22. The van der Waals surface area contributed by atoms with Crippen molar-refractivity contribution in [1.29, 1.82) is 0 Å².